The Morgan fingerprint density at radius 1 is 1.07 bits per heavy atom. The van der Waals surface area contributed by atoms with Crippen LogP contribution in [0.1, 0.15) is 23.5 Å². The molecule has 1 unspecified atom stereocenters. The lowest BCUT2D eigenvalue weighted by atomic mass is 9.84. The molecule has 4 rings (SSSR count). The molecule has 0 saturated heterocycles. The molecule has 0 bridgehead atoms. The molecule has 2 heterocycles. The van der Waals surface area contributed by atoms with E-state index >= 15 is 0 Å². The number of ether oxygens (including phenoxy) is 2. The normalized spacial score (nSPS) is 15.8. The number of benzene rings is 2. The SMILES string of the molecule is COc1ccc(C2CC(=O)Nc3n[nH]c(-c4ccc(Cl)cc4)c32)cc1OC. The fourth-order valence-corrected chi connectivity index (χ4v) is 3.57. The quantitative estimate of drug-likeness (QED) is 0.707. The smallest absolute Gasteiger partial charge is 0.226 e. The van der Waals surface area contributed by atoms with Gasteiger partial charge in [0.2, 0.25) is 5.91 Å². The topological polar surface area (TPSA) is 76.2 Å². The molecule has 2 N–H and O–H groups in total. The number of methoxy groups -OCH3 is 2. The van der Waals surface area contributed by atoms with E-state index in [4.69, 9.17) is 21.1 Å². The molecular formula is C20H18ClN3O3. The van der Waals surface area contributed by atoms with E-state index in [0.29, 0.717) is 28.8 Å². The summed E-state index contributed by atoms with van der Waals surface area (Å²) in [5.41, 5.74) is 3.72. The number of nitrogens with one attached hydrogen (secondary N) is 2. The van der Waals surface area contributed by atoms with E-state index in [0.717, 1.165) is 22.4 Å². The van der Waals surface area contributed by atoms with Crippen LogP contribution in [0.4, 0.5) is 5.82 Å². The molecule has 7 heteroatoms. The van der Waals surface area contributed by atoms with E-state index in [2.05, 4.69) is 15.5 Å². The summed E-state index contributed by atoms with van der Waals surface area (Å²) in [6.07, 6.45) is 0.322. The first-order valence-corrected chi connectivity index (χ1v) is 8.84. The third kappa shape index (κ3) is 3.13. The summed E-state index contributed by atoms with van der Waals surface area (Å²) in [6, 6.07) is 13.2. The van der Waals surface area contributed by atoms with Gasteiger partial charge in [-0.1, -0.05) is 29.8 Å². The van der Waals surface area contributed by atoms with Crippen molar-refractivity contribution in [2.45, 2.75) is 12.3 Å². The maximum Gasteiger partial charge on any atom is 0.226 e. The fraction of sp³-hybridized carbons (Fsp3) is 0.200. The Balaban J connectivity index is 1.84. The standard InChI is InChI=1S/C20H18ClN3O3/c1-26-15-8-5-12(9-16(15)27-2)14-10-17(25)22-20-18(14)19(23-24-20)11-3-6-13(21)7-4-11/h3-9,14H,10H2,1-2H3,(H2,22,23,24,25). The fourth-order valence-electron chi connectivity index (χ4n) is 3.45. The third-order valence-electron chi connectivity index (χ3n) is 4.74. The van der Waals surface area contributed by atoms with E-state index in [1.165, 1.54) is 0 Å². The van der Waals surface area contributed by atoms with Crippen LogP contribution in [-0.2, 0) is 4.79 Å². The second-order valence-corrected chi connectivity index (χ2v) is 6.72. The van der Waals surface area contributed by atoms with Gasteiger partial charge in [0.15, 0.2) is 17.3 Å². The average Bonchev–Trinajstić information content (AvgIpc) is 3.11. The summed E-state index contributed by atoms with van der Waals surface area (Å²) in [4.78, 5) is 12.2. The summed E-state index contributed by atoms with van der Waals surface area (Å²) in [7, 11) is 3.19. The average molecular weight is 384 g/mol. The molecule has 0 fully saturated rings. The van der Waals surface area contributed by atoms with Gasteiger partial charge in [0.1, 0.15) is 0 Å². The van der Waals surface area contributed by atoms with Crippen LogP contribution < -0.4 is 14.8 Å². The van der Waals surface area contributed by atoms with Crippen molar-refractivity contribution in [2.75, 3.05) is 19.5 Å². The Hall–Kier alpha value is -2.99. The Morgan fingerprint density at radius 2 is 1.81 bits per heavy atom. The highest BCUT2D eigenvalue weighted by atomic mass is 35.5. The molecule has 3 aromatic rings. The number of nitrogens with zero attached hydrogens (tertiary/aromatic N) is 1. The predicted molar refractivity (Wildman–Crippen MR) is 104 cm³/mol. The van der Waals surface area contributed by atoms with Crippen LogP contribution in [0.5, 0.6) is 11.5 Å². The Kier molecular flexibility index (Phi) is 4.49. The van der Waals surface area contributed by atoms with Crippen LogP contribution in [0, 0.1) is 0 Å². The van der Waals surface area contributed by atoms with Crippen molar-refractivity contribution in [2.24, 2.45) is 0 Å². The Morgan fingerprint density at radius 3 is 2.52 bits per heavy atom. The number of fused-ring (bicyclic) bond motifs is 1. The highest BCUT2D eigenvalue weighted by Gasteiger charge is 2.32. The predicted octanol–water partition coefficient (Wildman–Crippen LogP) is 4.22. The van der Waals surface area contributed by atoms with Crippen LogP contribution >= 0.6 is 11.6 Å². The molecule has 6 nitrogen and oxygen atoms in total. The van der Waals surface area contributed by atoms with Gasteiger partial charge < -0.3 is 14.8 Å². The van der Waals surface area contributed by atoms with E-state index in [-0.39, 0.29) is 11.8 Å². The second kappa shape index (κ2) is 6.96. The van der Waals surface area contributed by atoms with Crippen molar-refractivity contribution in [3.8, 4) is 22.8 Å². The monoisotopic (exact) mass is 383 g/mol. The van der Waals surface area contributed by atoms with Crippen molar-refractivity contribution >= 4 is 23.3 Å². The number of anilines is 1. The number of hydrogen-bond acceptors (Lipinski definition) is 4. The van der Waals surface area contributed by atoms with E-state index in [1.807, 2.05) is 42.5 Å². The summed E-state index contributed by atoms with van der Waals surface area (Å²) in [6.45, 7) is 0. The van der Waals surface area contributed by atoms with Gasteiger partial charge in [0.25, 0.3) is 0 Å². The van der Waals surface area contributed by atoms with Gasteiger partial charge in [0.05, 0.1) is 19.9 Å². The van der Waals surface area contributed by atoms with Gasteiger partial charge in [-0.25, -0.2) is 0 Å². The minimum absolute atomic E-state index is 0.0727. The van der Waals surface area contributed by atoms with Gasteiger partial charge >= 0.3 is 0 Å². The van der Waals surface area contributed by atoms with Crippen molar-refractivity contribution < 1.29 is 14.3 Å². The zero-order valence-electron chi connectivity index (χ0n) is 14.9. The molecule has 0 saturated carbocycles. The molecule has 2 aromatic carbocycles. The molecule has 1 aromatic heterocycles. The number of rotatable bonds is 4. The molecule has 27 heavy (non-hydrogen) atoms. The van der Waals surface area contributed by atoms with Crippen LogP contribution in [0.3, 0.4) is 0 Å². The summed E-state index contributed by atoms with van der Waals surface area (Å²) in [5.74, 6) is 1.59. The minimum Gasteiger partial charge on any atom is -0.493 e. The van der Waals surface area contributed by atoms with E-state index in [1.54, 1.807) is 14.2 Å². The summed E-state index contributed by atoms with van der Waals surface area (Å²) in [5, 5.41) is 10.9. The van der Waals surface area contributed by atoms with Gasteiger partial charge in [0, 0.05) is 28.5 Å². The lowest BCUT2D eigenvalue weighted by Gasteiger charge is -2.24. The van der Waals surface area contributed by atoms with Crippen LogP contribution in [0.2, 0.25) is 5.02 Å². The van der Waals surface area contributed by atoms with Crippen LogP contribution in [0.15, 0.2) is 42.5 Å². The molecule has 1 atom stereocenters. The van der Waals surface area contributed by atoms with Gasteiger partial charge in [-0.15, -0.1) is 0 Å². The first-order chi connectivity index (χ1) is 13.1. The van der Waals surface area contributed by atoms with Gasteiger partial charge in [-0.3, -0.25) is 9.89 Å². The van der Waals surface area contributed by atoms with Crippen molar-refractivity contribution in [1.82, 2.24) is 10.2 Å². The largest absolute Gasteiger partial charge is 0.493 e. The molecule has 1 amide bonds. The number of aromatic nitrogens is 2. The number of amides is 1. The zero-order valence-corrected chi connectivity index (χ0v) is 15.6. The zero-order chi connectivity index (χ0) is 19.0. The van der Waals surface area contributed by atoms with Crippen molar-refractivity contribution in [3.63, 3.8) is 0 Å². The highest BCUT2D eigenvalue weighted by Crippen LogP contribution is 2.43. The van der Waals surface area contributed by atoms with Crippen molar-refractivity contribution in [1.29, 1.82) is 0 Å². The molecular weight excluding hydrogens is 366 g/mol. The minimum atomic E-state index is -0.155. The maximum absolute atomic E-state index is 12.2. The highest BCUT2D eigenvalue weighted by molar-refractivity contribution is 6.30. The maximum atomic E-state index is 12.2. The molecule has 0 aliphatic carbocycles. The summed E-state index contributed by atoms with van der Waals surface area (Å²) >= 11 is 6.01. The number of aromatic amines is 1. The number of halogens is 1. The Bertz CT molecular complexity index is 998. The number of hydrogen-bond donors (Lipinski definition) is 2. The number of carbonyl (C=O) groups is 1. The molecule has 0 radical (unpaired) electrons. The first kappa shape index (κ1) is 17.4. The second-order valence-electron chi connectivity index (χ2n) is 6.29. The molecule has 138 valence electrons. The number of H-pyrrole nitrogens is 1. The van der Waals surface area contributed by atoms with Gasteiger partial charge in [-0.05, 0) is 29.8 Å². The lowest BCUT2D eigenvalue weighted by Crippen LogP contribution is -2.23. The first-order valence-electron chi connectivity index (χ1n) is 8.46. The molecule has 0 spiro atoms. The lowest BCUT2D eigenvalue weighted by molar-refractivity contribution is -0.116. The molecule has 1 aliphatic heterocycles. The van der Waals surface area contributed by atoms with Gasteiger partial charge in [-0.2, -0.15) is 5.10 Å². The van der Waals surface area contributed by atoms with Crippen LogP contribution in [-0.4, -0.2) is 30.3 Å². The third-order valence-corrected chi connectivity index (χ3v) is 4.99. The van der Waals surface area contributed by atoms with E-state index < -0.39 is 0 Å². The molecule has 1 aliphatic rings. The van der Waals surface area contributed by atoms with Crippen LogP contribution in [0.25, 0.3) is 11.3 Å². The summed E-state index contributed by atoms with van der Waals surface area (Å²) < 4.78 is 10.8. The number of carbonyl (C=O) groups excluding carboxylic acids is 1. The van der Waals surface area contributed by atoms with Crippen molar-refractivity contribution in [3.05, 3.63) is 58.6 Å². The Labute approximate surface area is 161 Å². The van der Waals surface area contributed by atoms with E-state index in [9.17, 15) is 4.79 Å².